The summed E-state index contributed by atoms with van der Waals surface area (Å²) in [5, 5.41) is 3.94. The molecule has 0 radical (unpaired) electrons. The molecule has 1 N–H and O–H groups in total. The Labute approximate surface area is 125 Å². The summed E-state index contributed by atoms with van der Waals surface area (Å²) < 4.78 is 0. The summed E-state index contributed by atoms with van der Waals surface area (Å²) in [6.45, 7) is 8.74. The topological polar surface area (TPSA) is 15.3 Å². The van der Waals surface area contributed by atoms with Crippen molar-refractivity contribution in [3.63, 3.8) is 0 Å². The van der Waals surface area contributed by atoms with Crippen LogP contribution in [0, 0.1) is 5.41 Å². The van der Waals surface area contributed by atoms with Crippen molar-refractivity contribution in [1.82, 2.24) is 10.2 Å². The number of rotatable bonds is 4. The molecular formula is C18H34N2. The molecule has 0 aromatic rings. The normalized spacial score (nSPS) is 33.0. The van der Waals surface area contributed by atoms with Crippen molar-refractivity contribution in [1.29, 1.82) is 0 Å². The van der Waals surface area contributed by atoms with E-state index >= 15 is 0 Å². The molecule has 1 spiro atoms. The van der Waals surface area contributed by atoms with E-state index in [-0.39, 0.29) is 0 Å². The lowest BCUT2D eigenvalue weighted by Crippen LogP contribution is -2.64. The third-order valence-electron chi connectivity index (χ3n) is 6.72. The molecular weight excluding hydrogens is 244 g/mol. The van der Waals surface area contributed by atoms with Gasteiger partial charge in [0, 0.05) is 31.2 Å². The van der Waals surface area contributed by atoms with E-state index in [2.05, 4.69) is 24.1 Å². The Balaban J connectivity index is 1.70. The Kier molecular flexibility index (Phi) is 4.42. The van der Waals surface area contributed by atoms with Gasteiger partial charge in [0.2, 0.25) is 0 Å². The van der Waals surface area contributed by atoms with E-state index in [0.29, 0.717) is 11.0 Å². The minimum atomic E-state index is 0.485. The molecule has 2 heteroatoms. The van der Waals surface area contributed by atoms with Crippen LogP contribution in [0.1, 0.15) is 78.1 Å². The predicted octanol–water partition coefficient (Wildman–Crippen LogP) is 3.95. The molecule has 1 saturated heterocycles. The Bertz CT molecular complexity index is 313. The third-order valence-corrected chi connectivity index (χ3v) is 6.72. The average Bonchev–Trinajstić information content (AvgIpc) is 3.10. The summed E-state index contributed by atoms with van der Waals surface area (Å²) in [6, 6.07) is 0.783. The molecule has 2 aliphatic carbocycles. The smallest absolute Gasteiger partial charge is 0.0309 e. The first kappa shape index (κ1) is 14.8. The fourth-order valence-corrected chi connectivity index (χ4v) is 5.19. The monoisotopic (exact) mass is 278 g/mol. The highest BCUT2D eigenvalue weighted by molar-refractivity contribution is 5.02. The van der Waals surface area contributed by atoms with Gasteiger partial charge in [0.25, 0.3) is 0 Å². The molecule has 3 fully saturated rings. The van der Waals surface area contributed by atoms with Gasteiger partial charge in [-0.05, 0) is 43.9 Å². The van der Waals surface area contributed by atoms with Gasteiger partial charge >= 0.3 is 0 Å². The maximum Gasteiger partial charge on any atom is 0.0309 e. The summed E-state index contributed by atoms with van der Waals surface area (Å²) in [6.07, 6.45) is 14.3. The summed E-state index contributed by atoms with van der Waals surface area (Å²) in [5.41, 5.74) is 1.14. The molecule has 0 amide bonds. The summed E-state index contributed by atoms with van der Waals surface area (Å²) in [7, 11) is 0. The van der Waals surface area contributed by atoms with E-state index in [4.69, 9.17) is 0 Å². The zero-order chi connectivity index (χ0) is 14.1. The van der Waals surface area contributed by atoms with Crippen molar-refractivity contribution in [2.75, 3.05) is 19.6 Å². The zero-order valence-electron chi connectivity index (χ0n) is 13.7. The number of nitrogens with zero attached hydrogens (tertiary/aromatic N) is 1. The van der Waals surface area contributed by atoms with E-state index in [9.17, 15) is 0 Å². The van der Waals surface area contributed by atoms with Gasteiger partial charge in [0.15, 0.2) is 0 Å². The van der Waals surface area contributed by atoms with Crippen molar-refractivity contribution in [3.05, 3.63) is 0 Å². The molecule has 3 rings (SSSR count). The molecule has 0 aromatic heterocycles. The van der Waals surface area contributed by atoms with E-state index in [1.54, 1.807) is 0 Å². The van der Waals surface area contributed by atoms with E-state index in [0.717, 1.165) is 6.04 Å². The van der Waals surface area contributed by atoms with E-state index < -0.39 is 0 Å². The van der Waals surface area contributed by atoms with E-state index in [1.807, 2.05) is 0 Å². The molecule has 1 heterocycles. The molecule has 2 saturated carbocycles. The number of nitrogens with one attached hydrogen (secondary N) is 1. The van der Waals surface area contributed by atoms with Crippen molar-refractivity contribution in [3.8, 4) is 0 Å². The number of piperazine rings is 1. The van der Waals surface area contributed by atoms with Crippen LogP contribution in [0.2, 0.25) is 0 Å². The van der Waals surface area contributed by atoms with Crippen molar-refractivity contribution < 1.29 is 0 Å². The van der Waals surface area contributed by atoms with Gasteiger partial charge in [-0.15, -0.1) is 0 Å². The Morgan fingerprint density at radius 2 is 1.65 bits per heavy atom. The van der Waals surface area contributed by atoms with Crippen LogP contribution in [-0.2, 0) is 0 Å². The second-order valence-corrected chi connectivity index (χ2v) is 7.90. The van der Waals surface area contributed by atoms with Crippen molar-refractivity contribution in [2.24, 2.45) is 5.41 Å². The fraction of sp³-hybridized carbons (Fsp3) is 1.00. The second kappa shape index (κ2) is 5.96. The van der Waals surface area contributed by atoms with Gasteiger partial charge in [-0.1, -0.05) is 39.5 Å². The van der Waals surface area contributed by atoms with Crippen LogP contribution in [0.25, 0.3) is 0 Å². The van der Waals surface area contributed by atoms with Crippen molar-refractivity contribution >= 4 is 0 Å². The quantitative estimate of drug-likeness (QED) is 0.837. The van der Waals surface area contributed by atoms with Gasteiger partial charge in [0.1, 0.15) is 0 Å². The van der Waals surface area contributed by atoms with Gasteiger partial charge in [-0.2, -0.15) is 0 Å². The molecule has 1 unspecified atom stereocenters. The van der Waals surface area contributed by atoms with Crippen LogP contribution in [0.15, 0.2) is 0 Å². The Morgan fingerprint density at radius 1 is 1.00 bits per heavy atom. The van der Waals surface area contributed by atoms with Crippen LogP contribution in [-0.4, -0.2) is 36.1 Å². The largest absolute Gasteiger partial charge is 0.308 e. The molecule has 0 bridgehead atoms. The Morgan fingerprint density at radius 3 is 2.25 bits per heavy atom. The molecule has 116 valence electrons. The average molecular weight is 278 g/mol. The van der Waals surface area contributed by atoms with Gasteiger partial charge in [-0.25, -0.2) is 0 Å². The lowest BCUT2D eigenvalue weighted by Gasteiger charge is -2.49. The van der Waals surface area contributed by atoms with Crippen LogP contribution in [0.3, 0.4) is 0 Å². The second-order valence-electron chi connectivity index (χ2n) is 7.90. The molecule has 20 heavy (non-hydrogen) atoms. The highest BCUT2D eigenvalue weighted by Gasteiger charge is 2.43. The lowest BCUT2D eigenvalue weighted by molar-refractivity contribution is 0.0363. The predicted molar refractivity (Wildman–Crippen MR) is 86.0 cm³/mol. The first-order valence-corrected chi connectivity index (χ1v) is 9.20. The molecule has 3 aliphatic rings. The summed E-state index contributed by atoms with van der Waals surface area (Å²) in [5.74, 6) is 0. The molecule has 2 nitrogen and oxygen atoms in total. The molecule has 1 aliphatic heterocycles. The van der Waals surface area contributed by atoms with Crippen LogP contribution < -0.4 is 5.32 Å². The standard InChI is InChI=1S/C18H34N2/c1-3-16-13-19-18(11-7-8-12-18)15-20(16)14-17(4-2)9-5-6-10-17/h16,19H,3-15H2,1-2H3. The maximum absolute atomic E-state index is 3.94. The highest BCUT2D eigenvalue weighted by atomic mass is 15.3. The maximum atomic E-state index is 3.94. The van der Waals surface area contributed by atoms with Crippen molar-refractivity contribution in [2.45, 2.75) is 89.6 Å². The Hall–Kier alpha value is -0.0800. The van der Waals surface area contributed by atoms with E-state index in [1.165, 1.54) is 83.8 Å². The van der Waals surface area contributed by atoms with Gasteiger partial charge < -0.3 is 5.32 Å². The first-order chi connectivity index (χ1) is 9.71. The van der Waals surface area contributed by atoms with Crippen LogP contribution >= 0.6 is 0 Å². The van der Waals surface area contributed by atoms with Crippen LogP contribution in [0.5, 0.6) is 0 Å². The highest BCUT2D eigenvalue weighted by Crippen LogP contribution is 2.43. The number of hydrogen-bond acceptors (Lipinski definition) is 2. The zero-order valence-corrected chi connectivity index (χ0v) is 13.7. The minimum absolute atomic E-state index is 0.485. The fourth-order valence-electron chi connectivity index (χ4n) is 5.19. The summed E-state index contributed by atoms with van der Waals surface area (Å²) >= 11 is 0. The van der Waals surface area contributed by atoms with Gasteiger partial charge in [-0.3, -0.25) is 4.90 Å². The van der Waals surface area contributed by atoms with Crippen LogP contribution in [0.4, 0.5) is 0 Å². The first-order valence-electron chi connectivity index (χ1n) is 9.20. The summed E-state index contributed by atoms with van der Waals surface area (Å²) in [4.78, 5) is 2.90. The minimum Gasteiger partial charge on any atom is -0.308 e. The third kappa shape index (κ3) is 2.78. The molecule has 0 aromatic carbocycles. The SMILES string of the molecule is CCC1CNC2(CCCC2)CN1CC1(CC)CCCC1. The number of hydrogen-bond donors (Lipinski definition) is 1. The lowest BCUT2D eigenvalue weighted by atomic mass is 9.81. The van der Waals surface area contributed by atoms with Gasteiger partial charge in [0.05, 0.1) is 0 Å². The molecule has 1 atom stereocenters.